The summed E-state index contributed by atoms with van der Waals surface area (Å²) in [5.74, 6) is -0.670. The molecule has 150 valence electrons. The molecule has 0 saturated carbocycles. The minimum absolute atomic E-state index is 0.00675. The number of anilines is 1. The summed E-state index contributed by atoms with van der Waals surface area (Å²) in [6.45, 7) is 2.69. The number of hydrogen-bond acceptors (Lipinski definition) is 5. The Bertz CT molecular complexity index is 825. The maximum absolute atomic E-state index is 14.6. The molecule has 0 fully saturated rings. The standard InChI is InChI=1S/C21H26FN3O3/c1-3-4-5-6-12-28-18-9-7-8-15(19(18)22)13-24-21(26)17-11-10-16(14-27-2)25-20(17)23/h5-11H,3-4,12-14H2,1-2H3,(H2,23,25)(H,24,26)/b6-5+. The second-order valence-electron chi connectivity index (χ2n) is 6.15. The Labute approximate surface area is 164 Å². The number of carbonyl (C=O) groups is 1. The smallest absolute Gasteiger partial charge is 0.255 e. The van der Waals surface area contributed by atoms with E-state index in [-0.39, 0.29) is 23.7 Å². The van der Waals surface area contributed by atoms with Gasteiger partial charge in [-0.2, -0.15) is 0 Å². The van der Waals surface area contributed by atoms with Crippen molar-refractivity contribution in [3.63, 3.8) is 0 Å². The lowest BCUT2D eigenvalue weighted by molar-refractivity contribution is 0.0951. The molecule has 0 atom stereocenters. The van der Waals surface area contributed by atoms with Crippen LogP contribution in [0.5, 0.6) is 5.75 Å². The molecule has 0 aliphatic rings. The van der Waals surface area contributed by atoms with Gasteiger partial charge in [-0.15, -0.1) is 0 Å². The van der Waals surface area contributed by atoms with Gasteiger partial charge in [-0.3, -0.25) is 4.79 Å². The van der Waals surface area contributed by atoms with Gasteiger partial charge in [0.05, 0.1) is 17.9 Å². The first-order valence-corrected chi connectivity index (χ1v) is 9.14. The molecular formula is C21H26FN3O3. The Kier molecular flexibility index (Phi) is 8.42. The molecule has 1 aromatic heterocycles. The Hall–Kier alpha value is -2.93. The summed E-state index contributed by atoms with van der Waals surface area (Å²) < 4.78 is 25.0. The summed E-state index contributed by atoms with van der Waals surface area (Å²) in [6, 6.07) is 8.08. The number of methoxy groups -OCH3 is 1. The zero-order valence-electron chi connectivity index (χ0n) is 16.2. The lowest BCUT2D eigenvalue weighted by atomic mass is 10.1. The van der Waals surface area contributed by atoms with Gasteiger partial charge >= 0.3 is 0 Å². The molecular weight excluding hydrogens is 361 g/mol. The maximum atomic E-state index is 14.6. The van der Waals surface area contributed by atoms with Gasteiger partial charge in [-0.05, 0) is 24.6 Å². The van der Waals surface area contributed by atoms with E-state index >= 15 is 0 Å². The number of pyridine rings is 1. The average molecular weight is 387 g/mol. The van der Waals surface area contributed by atoms with E-state index in [4.69, 9.17) is 15.2 Å². The molecule has 0 aliphatic carbocycles. The molecule has 2 rings (SSSR count). The molecule has 0 saturated heterocycles. The highest BCUT2D eigenvalue weighted by molar-refractivity contribution is 5.98. The Balaban J connectivity index is 1.98. The lowest BCUT2D eigenvalue weighted by Crippen LogP contribution is -2.25. The number of nitrogens with two attached hydrogens (primary N) is 1. The van der Waals surface area contributed by atoms with Crippen LogP contribution in [0.25, 0.3) is 0 Å². The Morgan fingerprint density at radius 2 is 2.11 bits per heavy atom. The molecule has 7 heteroatoms. The van der Waals surface area contributed by atoms with Crippen LogP contribution in [-0.2, 0) is 17.9 Å². The number of nitrogen functional groups attached to an aromatic ring is 1. The second kappa shape index (κ2) is 11.0. The van der Waals surface area contributed by atoms with Crippen molar-refractivity contribution in [2.45, 2.75) is 32.9 Å². The van der Waals surface area contributed by atoms with Crippen LogP contribution in [0.1, 0.15) is 41.4 Å². The molecule has 2 aromatic rings. The highest BCUT2D eigenvalue weighted by atomic mass is 19.1. The number of halogens is 1. The van der Waals surface area contributed by atoms with Crippen molar-refractivity contribution in [2.75, 3.05) is 19.5 Å². The van der Waals surface area contributed by atoms with Crippen molar-refractivity contribution >= 4 is 11.7 Å². The number of carbonyl (C=O) groups excluding carboxylic acids is 1. The topological polar surface area (TPSA) is 86.5 Å². The first-order valence-electron chi connectivity index (χ1n) is 9.14. The zero-order chi connectivity index (χ0) is 20.4. The normalized spacial score (nSPS) is 11.0. The van der Waals surface area contributed by atoms with E-state index in [0.717, 1.165) is 12.8 Å². The summed E-state index contributed by atoms with van der Waals surface area (Å²) in [7, 11) is 1.55. The van der Waals surface area contributed by atoms with Crippen molar-refractivity contribution in [1.29, 1.82) is 0 Å². The van der Waals surface area contributed by atoms with Crippen LogP contribution in [0.4, 0.5) is 10.2 Å². The quantitative estimate of drug-likeness (QED) is 0.608. The van der Waals surface area contributed by atoms with Gasteiger partial charge in [0, 0.05) is 19.2 Å². The molecule has 0 spiro atoms. The highest BCUT2D eigenvalue weighted by Gasteiger charge is 2.14. The summed E-state index contributed by atoms with van der Waals surface area (Å²) in [5.41, 5.74) is 7.02. The van der Waals surface area contributed by atoms with Crippen LogP contribution in [0.3, 0.4) is 0 Å². The van der Waals surface area contributed by atoms with Crippen molar-refractivity contribution in [3.8, 4) is 5.75 Å². The van der Waals surface area contributed by atoms with Crippen molar-refractivity contribution in [1.82, 2.24) is 10.3 Å². The van der Waals surface area contributed by atoms with Crippen molar-refractivity contribution in [3.05, 3.63) is 65.1 Å². The predicted octanol–water partition coefficient (Wildman–Crippen LogP) is 3.61. The first kappa shape index (κ1) is 21.4. The number of unbranched alkanes of at least 4 members (excludes halogenated alkanes) is 1. The third-order valence-electron chi connectivity index (χ3n) is 3.96. The summed E-state index contributed by atoms with van der Waals surface area (Å²) in [6.07, 6.45) is 5.87. The third kappa shape index (κ3) is 6.06. The van der Waals surface area contributed by atoms with Crippen LogP contribution in [-0.4, -0.2) is 24.6 Å². The van der Waals surface area contributed by atoms with Crippen LogP contribution < -0.4 is 15.8 Å². The minimum atomic E-state index is -0.492. The van der Waals surface area contributed by atoms with Gasteiger partial charge in [0.15, 0.2) is 11.6 Å². The predicted molar refractivity (Wildman–Crippen MR) is 106 cm³/mol. The fraction of sp³-hybridized carbons (Fsp3) is 0.333. The molecule has 3 N–H and O–H groups in total. The van der Waals surface area contributed by atoms with E-state index in [9.17, 15) is 9.18 Å². The van der Waals surface area contributed by atoms with Crippen LogP contribution in [0.15, 0.2) is 42.5 Å². The van der Waals surface area contributed by atoms with Crippen LogP contribution >= 0.6 is 0 Å². The number of benzene rings is 1. The molecule has 0 aliphatic heterocycles. The molecule has 0 unspecified atom stereocenters. The molecule has 1 amide bonds. The van der Waals surface area contributed by atoms with Crippen molar-refractivity contribution < 1.29 is 18.7 Å². The lowest BCUT2D eigenvalue weighted by Gasteiger charge is -2.11. The van der Waals surface area contributed by atoms with E-state index < -0.39 is 11.7 Å². The highest BCUT2D eigenvalue weighted by Crippen LogP contribution is 2.21. The summed E-state index contributed by atoms with van der Waals surface area (Å²) >= 11 is 0. The third-order valence-corrected chi connectivity index (χ3v) is 3.96. The van der Waals surface area contributed by atoms with Crippen molar-refractivity contribution in [2.24, 2.45) is 0 Å². The monoisotopic (exact) mass is 387 g/mol. The molecule has 0 radical (unpaired) electrons. The molecule has 6 nitrogen and oxygen atoms in total. The number of allylic oxidation sites excluding steroid dienone is 1. The summed E-state index contributed by atoms with van der Waals surface area (Å²) in [5, 5.41) is 2.66. The maximum Gasteiger partial charge on any atom is 0.255 e. The average Bonchev–Trinajstić information content (AvgIpc) is 2.68. The van der Waals surface area contributed by atoms with Gasteiger partial charge in [0.25, 0.3) is 5.91 Å². The Morgan fingerprint density at radius 3 is 2.82 bits per heavy atom. The summed E-state index contributed by atoms with van der Waals surface area (Å²) in [4.78, 5) is 16.5. The van der Waals surface area contributed by atoms with E-state index in [1.54, 1.807) is 37.4 Å². The first-order chi connectivity index (χ1) is 13.6. The van der Waals surface area contributed by atoms with E-state index in [1.165, 1.54) is 0 Å². The molecule has 0 bridgehead atoms. The van der Waals surface area contributed by atoms with E-state index in [1.807, 2.05) is 12.2 Å². The van der Waals surface area contributed by atoms with Gasteiger partial charge in [0.2, 0.25) is 0 Å². The molecule has 1 heterocycles. The molecule has 28 heavy (non-hydrogen) atoms. The minimum Gasteiger partial charge on any atom is -0.486 e. The number of rotatable bonds is 10. The zero-order valence-corrected chi connectivity index (χ0v) is 16.2. The Morgan fingerprint density at radius 1 is 1.29 bits per heavy atom. The van der Waals surface area contributed by atoms with Gasteiger partial charge < -0.3 is 20.5 Å². The largest absolute Gasteiger partial charge is 0.486 e. The number of ether oxygens (including phenoxy) is 2. The number of aromatic nitrogens is 1. The number of amides is 1. The number of nitrogens with one attached hydrogen (secondary N) is 1. The van der Waals surface area contributed by atoms with Crippen LogP contribution in [0.2, 0.25) is 0 Å². The fourth-order valence-corrected chi connectivity index (χ4v) is 2.50. The number of hydrogen-bond donors (Lipinski definition) is 2. The van der Waals surface area contributed by atoms with Crippen LogP contribution in [0, 0.1) is 5.82 Å². The van der Waals surface area contributed by atoms with Gasteiger partial charge in [0.1, 0.15) is 12.4 Å². The van der Waals surface area contributed by atoms with E-state index in [0.29, 0.717) is 24.5 Å². The fourth-order valence-electron chi connectivity index (χ4n) is 2.50. The van der Waals surface area contributed by atoms with E-state index in [2.05, 4.69) is 17.2 Å². The van der Waals surface area contributed by atoms with Gasteiger partial charge in [-0.1, -0.05) is 37.6 Å². The van der Waals surface area contributed by atoms with Gasteiger partial charge in [-0.25, -0.2) is 9.37 Å². The SMILES string of the molecule is CCC/C=C/COc1cccc(CNC(=O)c2ccc(COC)nc2N)c1F. The second-order valence-corrected chi connectivity index (χ2v) is 6.15. The molecule has 1 aromatic carbocycles. The number of nitrogens with zero attached hydrogens (tertiary/aromatic N) is 1.